The smallest absolute Gasteiger partial charge is 0.336 e. The van der Waals surface area contributed by atoms with Crippen molar-refractivity contribution in [1.29, 1.82) is 5.26 Å². The van der Waals surface area contributed by atoms with Gasteiger partial charge in [-0.3, -0.25) is 0 Å². The Labute approximate surface area is 252 Å². The predicted molar refractivity (Wildman–Crippen MR) is 163 cm³/mol. The van der Waals surface area contributed by atoms with E-state index in [9.17, 15) is 9.59 Å². The molecule has 0 fully saturated rings. The van der Waals surface area contributed by atoms with Gasteiger partial charge >= 0.3 is 11.9 Å². The number of esters is 2. The molecule has 1 atom stereocenters. The van der Waals surface area contributed by atoms with Crippen LogP contribution in [0.15, 0.2) is 107 Å². The molecule has 1 N–H and O–H groups in total. The maximum absolute atomic E-state index is 13.6. The summed E-state index contributed by atoms with van der Waals surface area (Å²) in [6.07, 6.45) is 2.56. The monoisotopic (exact) mass is 582 g/mol. The van der Waals surface area contributed by atoms with Crippen LogP contribution in [-0.4, -0.2) is 25.2 Å². The molecule has 4 rings (SSSR count). The van der Waals surface area contributed by atoms with E-state index in [0.29, 0.717) is 39.5 Å². The molecule has 42 heavy (non-hydrogen) atoms. The summed E-state index contributed by atoms with van der Waals surface area (Å²) >= 11 is 6.31. The van der Waals surface area contributed by atoms with E-state index in [4.69, 9.17) is 26.3 Å². The van der Waals surface area contributed by atoms with Crippen LogP contribution in [0.1, 0.15) is 68.1 Å². The molecule has 0 spiro atoms. The number of carbonyl (C=O) groups is 2. The maximum Gasteiger partial charge on any atom is 0.336 e. The third-order valence-corrected chi connectivity index (χ3v) is 7.59. The molecule has 3 aromatic carbocycles. The molecule has 0 aromatic heterocycles. The Morgan fingerprint density at radius 3 is 1.95 bits per heavy atom. The molecule has 6 nitrogen and oxygen atoms in total. The largest absolute Gasteiger partial charge is 0.462 e. The normalized spacial score (nSPS) is 14.8. The van der Waals surface area contributed by atoms with Gasteiger partial charge in [0, 0.05) is 22.3 Å². The first-order valence-electron chi connectivity index (χ1n) is 14.2. The molecule has 0 saturated heterocycles. The highest BCUT2D eigenvalue weighted by atomic mass is 35.5. The van der Waals surface area contributed by atoms with Crippen molar-refractivity contribution in [2.24, 2.45) is 0 Å². The minimum Gasteiger partial charge on any atom is -0.462 e. The molecule has 1 aliphatic heterocycles. The minimum atomic E-state index is -0.729. The number of rotatable bonds is 12. The second-order valence-corrected chi connectivity index (χ2v) is 10.7. The molecule has 0 radical (unpaired) electrons. The number of halogens is 1. The van der Waals surface area contributed by atoms with Gasteiger partial charge in [0.1, 0.15) is 6.61 Å². The maximum atomic E-state index is 13.6. The topological polar surface area (TPSA) is 88.4 Å². The van der Waals surface area contributed by atoms with E-state index in [1.165, 1.54) is 11.1 Å². The fourth-order valence-corrected chi connectivity index (χ4v) is 5.61. The van der Waals surface area contributed by atoms with Crippen LogP contribution in [0.2, 0.25) is 5.02 Å². The molecule has 3 aromatic rings. The average Bonchev–Trinajstić information content (AvgIpc) is 2.99. The number of hydrogen-bond acceptors (Lipinski definition) is 6. The lowest BCUT2D eigenvalue weighted by molar-refractivity contribution is -0.140. The molecule has 1 aliphatic rings. The summed E-state index contributed by atoms with van der Waals surface area (Å²) in [5.41, 5.74) is 5.00. The lowest BCUT2D eigenvalue weighted by Crippen LogP contribution is -2.32. The van der Waals surface area contributed by atoms with Crippen molar-refractivity contribution in [1.82, 2.24) is 5.32 Å². The van der Waals surface area contributed by atoms with Crippen molar-refractivity contribution in [2.75, 3.05) is 13.2 Å². The standard InChI is InChI=1S/C35H35ClN2O4/c1-24-31(33(28-17-11-18-29(36)23-28)32(25(2)38-24)35(40)42-22-12-20-37)34(39)41-21-10-9-19-30(26-13-5-3-6-14-26)27-15-7-4-8-16-27/h3-8,11,13-18,23,30,33,38H,9-10,12,19,21-22H2,1-2H3. The van der Waals surface area contributed by atoms with Crippen molar-refractivity contribution in [3.05, 3.63) is 129 Å². The number of carbonyl (C=O) groups excluding carboxylic acids is 2. The number of nitrogens with one attached hydrogen (secondary N) is 1. The van der Waals surface area contributed by atoms with Crippen LogP contribution in [0.25, 0.3) is 0 Å². The van der Waals surface area contributed by atoms with Gasteiger partial charge in [0.25, 0.3) is 0 Å². The third-order valence-electron chi connectivity index (χ3n) is 7.35. The van der Waals surface area contributed by atoms with Crippen LogP contribution in [0, 0.1) is 11.3 Å². The lowest BCUT2D eigenvalue weighted by Gasteiger charge is -2.30. The quantitative estimate of drug-likeness (QED) is 0.175. The molecule has 216 valence electrons. The summed E-state index contributed by atoms with van der Waals surface area (Å²) in [5, 5.41) is 12.5. The Balaban J connectivity index is 1.47. The number of hydrogen-bond donors (Lipinski definition) is 1. The Hall–Kier alpha value is -4.34. The number of dihydropyridines is 1. The molecule has 7 heteroatoms. The third kappa shape index (κ3) is 7.69. The molecular weight excluding hydrogens is 548 g/mol. The van der Waals surface area contributed by atoms with E-state index in [1.807, 2.05) is 24.3 Å². The van der Waals surface area contributed by atoms with Crippen LogP contribution in [-0.2, 0) is 19.1 Å². The van der Waals surface area contributed by atoms with Crippen LogP contribution in [0.3, 0.4) is 0 Å². The summed E-state index contributed by atoms with van der Waals surface area (Å²) in [4.78, 5) is 26.8. The highest BCUT2D eigenvalue weighted by Crippen LogP contribution is 2.40. The first kappa shape index (κ1) is 30.6. The average molecular weight is 583 g/mol. The summed E-state index contributed by atoms with van der Waals surface area (Å²) in [7, 11) is 0. The van der Waals surface area contributed by atoms with Crippen LogP contribution in [0.5, 0.6) is 0 Å². The zero-order valence-electron chi connectivity index (χ0n) is 23.9. The van der Waals surface area contributed by atoms with Crippen LogP contribution in [0.4, 0.5) is 0 Å². The Morgan fingerprint density at radius 2 is 1.40 bits per heavy atom. The number of nitrogens with zero attached hydrogens (tertiary/aromatic N) is 1. The van der Waals surface area contributed by atoms with Gasteiger partial charge in [-0.2, -0.15) is 5.26 Å². The first-order chi connectivity index (χ1) is 20.4. The Morgan fingerprint density at radius 1 is 0.833 bits per heavy atom. The highest BCUT2D eigenvalue weighted by molar-refractivity contribution is 6.30. The second kappa shape index (κ2) is 15.0. The van der Waals surface area contributed by atoms with E-state index >= 15 is 0 Å². The van der Waals surface area contributed by atoms with Gasteiger partial charge in [0.05, 0.1) is 36.2 Å². The molecule has 1 unspecified atom stereocenters. The Bertz CT molecular complexity index is 1450. The van der Waals surface area contributed by atoms with E-state index in [1.54, 1.807) is 32.0 Å². The van der Waals surface area contributed by atoms with E-state index in [-0.39, 0.29) is 25.6 Å². The Kier molecular flexibility index (Phi) is 11.0. The summed E-state index contributed by atoms with van der Waals surface area (Å²) < 4.78 is 11.2. The molecular formula is C35H35ClN2O4. The SMILES string of the molecule is CC1=C(C(=O)OCCC#N)C(c2cccc(Cl)c2)C(C(=O)OCCCCC(c2ccccc2)c2ccccc2)=C(C)N1. The fourth-order valence-electron chi connectivity index (χ4n) is 5.41. The number of allylic oxidation sites excluding steroid dienone is 2. The minimum absolute atomic E-state index is 0.0379. The van der Waals surface area contributed by atoms with Crippen molar-refractivity contribution < 1.29 is 19.1 Å². The second-order valence-electron chi connectivity index (χ2n) is 10.2. The van der Waals surface area contributed by atoms with Crippen LogP contribution >= 0.6 is 11.6 Å². The lowest BCUT2D eigenvalue weighted by atomic mass is 9.80. The summed E-state index contributed by atoms with van der Waals surface area (Å²) in [6.45, 7) is 3.77. The van der Waals surface area contributed by atoms with E-state index < -0.39 is 17.9 Å². The van der Waals surface area contributed by atoms with E-state index in [0.717, 1.165) is 12.8 Å². The van der Waals surface area contributed by atoms with Gasteiger partial charge in [0.15, 0.2) is 0 Å². The molecule has 0 saturated carbocycles. The fraction of sp³-hybridized carbons (Fsp3) is 0.286. The highest BCUT2D eigenvalue weighted by Gasteiger charge is 2.38. The molecule has 0 aliphatic carbocycles. The van der Waals surface area contributed by atoms with Gasteiger partial charge in [-0.25, -0.2) is 9.59 Å². The van der Waals surface area contributed by atoms with E-state index in [2.05, 4.69) is 53.8 Å². The van der Waals surface area contributed by atoms with Gasteiger partial charge in [-0.1, -0.05) is 84.4 Å². The van der Waals surface area contributed by atoms with Crippen molar-refractivity contribution in [3.63, 3.8) is 0 Å². The predicted octanol–water partition coefficient (Wildman–Crippen LogP) is 7.58. The molecule has 0 amide bonds. The number of benzene rings is 3. The van der Waals surface area contributed by atoms with Gasteiger partial charge in [-0.15, -0.1) is 0 Å². The molecule has 0 bridgehead atoms. The van der Waals surface area contributed by atoms with Crippen molar-refractivity contribution in [2.45, 2.75) is 51.4 Å². The van der Waals surface area contributed by atoms with Crippen molar-refractivity contribution in [3.8, 4) is 6.07 Å². The van der Waals surface area contributed by atoms with Crippen molar-refractivity contribution >= 4 is 23.5 Å². The summed E-state index contributed by atoms with van der Waals surface area (Å²) in [5.74, 6) is -1.56. The zero-order valence-corrected chi connectivity index (χ0v) is 24.7. The number of ether oxygens (including phenoxy) is 2. The van der Waals surface area contributed by atoms with Gasteiger partial charge < -0.3 is 14.8 Å². The van der Waals surface area contributed by atoms with Crippen LogP contribution < -0.4 is 5.32 Å². The summed E-state index contributed by atoms with van der Waals surface area (Å²) in [6, 6.07) is 29.9. The van der Waals surface area contributed by atoms with Gasteiger partial charge in [0.2, 0.25) is 0 Å². The molecule has 1 heterocycles. The first-order valence-corrected chi connectivity index (χ1v) is 14.5. The zero-order chi connectivity index (χ0) is 29.9. The number of unbranched alkanes of at least 4 members (excludes halogenated alkanes) is 1. The van der Waals surface area contributed by atoms with Gasteiger partial charge in [-0.05, 0) is 61.9 Å². The number of nitriles is 1.